The van der Waals surface area contributed by atoms with Crippen LogP contribution in [0.4, 0.5) is 0 Å². The van der Waals surface area contributed by atoms with Gasteiger partial charge in [0.1, 0.15) is 11.2 Å². The third-order valence-electron chi connectivity index (χ3n) is 11.2. The first-order valence-corrected chi connectivity index (χ1v) is 19.5. The van der Waals surface area contributed by atoms with Gasteiger partial charge in [0.05, 0.1) is 11.2 Å². The van der Waals surface area contributed by atoms with Crippen molar-refractivity contribution in [2.24, 2.45) is 0 Å². The van der Waals surface area contributed by atoms with Crippen molar-refractivity contribution < 1.29 is 4.42 Å². The van der Waals surface area contributed by atoms with Gasteiger partial charge in [-0.05, 0) is 71.7 Å². The minimum absolute atomic E-state index is 0.328. The SMILES string of the molecule is C1=CC(c2ccc3c(c2)sc2ccccc23)Cc2c1n(-c1cccc3sc4cc(-c5cccc6c5oc5ccccc56)ccc4c13)c1ccccc21. The highest BCUT2D eigenvalue weighted by molar-refractivity contribution is 7.26. The maximum absolute atomic E-state index is 6.43. The molecular weight excluding hydrogens is 671 g/mol. The summed E-state index contributed by atoms with van der Waals surface area (Å²) < 4.78 is 14.3. The first-order chi connectivity index (χ1) is 25.8. The lowest BCUT2D eigenvalue weighted by Gasteiger charge is -2.20. The first kappa shape index (κ1) is 28.7. The molecule has 0 N–H and O–H groups in total. The van der Waals surface area contributed by atoms with E-state index in [0.717, 1.165) is 33.9 Å². The van der Waals surface area contributed by atoms with Crippen molar-refractivity contribution in [2.75, 3.05) is 0 Å². The van der Waals surface area contributed by atoms with Crippen molar-refractivity contribution in [1.82, 2.24) is 4.57 Å². The summed E-state index contributed by atoms with van der Waals surface area (Å²) in [5.41, 5.74) is 10.8. The summed E-state index contributed by atoms with van der Waals surface area (Å²) in [5, 5.41) is 8.97. The van der Waals surface area contributed by atoms with Crippen molar-refractivity contribution in [3.8, 4) is 16.8 Å². The average Bonchev–Trinajstić information content (AvgIpc) is 3.95. The molecule has 52 heavy (non-hydrogen) atoms. The minimum atomic E-state index is 0.328. The molecule has 1 unspecified atom stereocenters. The summed E-state index contributed by atoms with van der Waals surface area (Å²) in [6.45, 7) is 0. The predicted molar refractivity (Wildman–Crippen MR) is 224 cm³/mol. The van der Waals surface area contributed by atoms with Crippen LogP contribution in [0.1, 0.15) is 22.7 Å². The van der Waals surface area contributed by atoms with Crippen LogP contribution in [0, 0.1) is 0 Å². The highest BCUT2D eigenvalue weighted by atomic mass is 32.1. The standard InChI is InChI=1S/C48H29NOS2/c1-4-14-39-32(9-1)38-25-28(29-19-22-35-34-11-3-6-17-43(34)51-45(35)26-29)21-24-40(38)49(39)41-15-8-18-44-47(41)37-23-20-30(27-46(37)52-44)31-12-7-13-36-33-10-2-5-16-42(33)50-48(31)36/h1-24,26-28H,25H2. The lowest BCUT2D eigenvalue weighted by molar-refractivity contribution is 0.670. The summed E-state index contributed by atoms with van der Waals surface area (Å²) >= 11 is 3.77. The maximum Gasteiger partial charge on any atom is 0.143 e. The van der Waals surface area contributed by atoms with Gasteiger partial charge in [-0.1, -0.05) is 109 Å². The molecule has 11 aromatic rings. The van der Waals surface area contributed by atoms with E-state index in [1.165, 1.54) is 79.3 Å². The van der Waals surface area contributed by atoms with Crippen LogP contribution in [-0.2, 0) is 6.42 Å². The molecule has 1 atom stereocenters. The highest BCUT2D eigenvalue weighted by Gasteiger charge is 2.25. The number of para-hydroxylation sites is 3. The van der Waals surface area contributed by atoms with Crippen LogP contribution in [-0.4, -0.2) is 4.57 Å². The largest absolute Gasteiger partial charge is 0.455 e. The van der Waals surface area contributed by atoms with Crippen molar-refractivity contribution in [1.29, 1.82) is 0 Å². The summed E-state index contributed by atoms with van der Waals surface area (Å²) in [5.74, 6) is 0.328. The van der Waals surface area contributed by atoms with Crippen LogP contribution in [0.2, 0.25) is 0 Å². The second-order valence-electron chi connectivity index (χ2n) is 14.0. The lowest BCUT2D eigenvalue weighted by atomic mass is 9.86. The molecule has 7 aromatic carbocycles. The third kappa shape index (κ3) is 4.05. The van der Waals surface area contributed by atoms with Crippen LogP contribution in [0.25, 0.3) is 96.1 Å². The third-order valence-corrected chi connectivity index (χ3v) is 13.4. The van der Waals surface area contributed by atoms with Crippen LogP contribution in [0.3, 0.4) is 0 Å². The minimum Gasteiger partial charge on any atom is -0.455 e. The molecule has 4 heteroatoms. The molecule has 4 heterocycles. The normalized spacial score (nSPS) is 14.6. The lowest BCUT2D eigenvalue weighted by Crippen LogP contribution is -2.07. The molecular formula is C48H29NOS2. The molecule has 0 amide bonds. The fourth-order valence-electron chi connectivity index (χ4n) is 8.81. The number of fused-ring (bicyclic) bond motifs is 12. The quantitative estimate of drug-likeness (QED) is 0.180. The second kappa shape index (κ2) is 10.8. The molecule has 0 saturated heterocycles. The first-order valence-electron chi connectivity index (χ1n) is 17.8. The smallest absolute Gasteiger partial charge is 0.143 e. The number of rotatable bonds is 3. The Morgan fingerprint density at radius 3 is 2.25 bits per heavy atom. The Hall–Kier alpha value is -5.94. The van der Waals surface area contributed by atoms with Gasteiger partial charge < -0.3 is 8.98 Å². The molecule has 1 aliphatic carbocycles. The van der Waals surface area contributed by atoms with Crippen LogP contribution >= 0.6 is 22.7 Å². The number of furan rings is 1. The maximum atomic E-state index is 6.43. The summed E-state index contributed by atoms with van der Waals surface area (Å²) in [6, 6.07) is 53.4. The fourth-order valence-corrected chi connectivity index (χ4v) is 11.1. The molecule has 0 fully saturated rings. The topological polar surface area (TPSA) is 18.1 Å². The van der Waals surface area contributed by atoms with E-state index in [9.17, 15) is 0 Å². The van der Waals surface area contributed by atoms with Gasteiger partial charge in [-0.15, -0.1) is 22.7 Å². The van der Waals surface area contributed by atoms with Gasteiger partial charge in [-0.3, -0.25) is 0 Å². The van der Waals surface area contributed by atoms with Crippen molar-refractivity contribution in [3.05, 3.63) is 168 Å². The Kier molecular flexibility index (Phi) is 5.96. The van der Waals surface area contributed by atoms with Crippen LogP contribution in [0.5, 0.6) is 0 Å². The van der Waals surface area contributed by atoms with Gasteiger partial charge in [-0.25, -0.2) is 0 Å². The fraction of sp³-hybridized carbons (Fsp3) is 0.0417. The molecule has 1 aliphatic rings. The van der Waals surface area contributed by atoms with E-state index in [0.29, 0.717) is 5.92 Å². The predicted octanol–water partition coefficient (Wildman–Crippen LogP) is 14.3. The highest BCUT2D eigenvalue weighted by Crippen LogP contribution is 2.45. The molecule has 0 aliphatic heterocycles. The van der Waals surface area contributed by atoms with E-state index in [1.54, 1.807) is 0 Å². The number of benzene rings is 7. The van der Waals surface area contributed by atoms with Crippen LogP contribution in [0.15, 0.2) is 156 Å². The number of thiophene rings is 2. The van der Waals surface area contributed by atoms with E-state index in [4.69, 9.17) is 4.42 Å². The zero-order valence-electron chi connectivity index (χ0n) is 28.0. The van der Waals surface area contributed by atoms with E-state index in [2.05, 4.69) is 156 Å². The number of nitrogens with zero attached hydrogens (tertiary/aromatic N) is 1. The van der Waals surface area contributed by atoms with Crippen molar-refractivity contribution >= 4 is 102 Å². The van der Waals surface area contributed by atoms with E-state index >= 15 is 0 Å². The monoisotopic (exact) mass is 699 g/mol. The Balaban J connectivity index is 0.997. The Bertz CT molecular complexity index is 3290. The molecule has 244 valence electrons. The van der Waals surface area contributed by atoms with Crippen molar-refractivity contribution in [3.63, 3.8) is 0 Å². The van der Waals surface area contributed by atoms with Crippen molar-refractivity contribution in [2.45, 2.75) is 12.3 Å². The van der Waals surface area contributed by atoms with E-state index < -0.39 is 0 Å². The summed E-state index contributed by atoms with van der Waals surface area (Å²) in [4.78, 5) is 0. The van der Waals surface area contributed by atoms with Gasteiger partial charge >= 0.3 is 0 Å². The molecule has 0 radical (unpaired) electrons. The second-order valence-corrected chi connectivity index (χ2v) is 16.2. The molecule has 12 rings (SSSR count). The zero-order chi connectivity index (χ0) is 33.9. The van der Waals surface area contributed by atoms with Gasteiger partial charge in [0, 0.05) is 73.7 Å². The van der Waals surface area contributed by atoms with Gasteiger partial charge in [0.15, 0.2) is 0 Å². The molecule has 4 aromatic heterocycles. The van der Waals surface area contributed by atoms with E-state index in [1.807, 2.05) is 28.7 Å². The summed E-state index contributed by atoms with van der Waals surface area (Å²) in [6.07, 6.45) is 5.80. The number of allylic oxidation sites excluding steroid dienone is 1. The molecule has 0 spiro atoms. The zero-order valence-corrected chi connectivity index (χ0v) is 29.6. The molecule has 2 nitrogen and oxygen atoms in total. The van der Waals surface area contributed by atoms with E-state index in [-0.39, 0.29) is 0 Å². The number of hydrogen-bond acceptors (Lipinski definition) is 3. The van der Waals surface area contributed by atoms with Crippen LogP contribution < -0.4 is 0 Å². The van der Waals surface area contributed by atoms with Gasteiger partial charge in [0.2, 0.25) is 0 Å². The average molecular weight is 700 g/mol. The number of hydrogen-bond donors (Lipinski definition) is 0. The summed E-state index contributed by atoms with van der Waals surface area (Å²) in [7, 11) is 0. The van der Waals surface area contributed by atoms with Gasteiger partial charge in [-0.2, -0.15) is 0 Å². The Labute approximate surface area is 307 Å². The molecule has 0 saturated carbocycles. The molecule has 0 bridgehead atoms. The Morgan fingerprint density at radius 1 is 0.558 bits per heavy atom. The number of aromatic nitrogens is 1. The van der Waals surface area contributed by atoms with Gasteiger partial charge in [0.25, 0.3) is 0 Å². The Morgan fingerprint density at radius 2 is 1.29 bits per heavy atom.